The lowest BCUT2D eigenvalue weighted by Gasteiger charge is -2.52. The highest BCUT2D eigenvalue weighted by Crippen LogP contribution is 2.79. The minimum Gasteiger partial charge on any atom is -0.299 e. The predicted octanol–water partition coefficient (Wildman–Crippen LogP) is 3.74. The van der Waals surface area contributed by atoms with E-state index in [9.17, 15) is 9.59 Å². The van der Waals surface area contributed by atoms with Crippen molar-refractivity contribution >= 4 is 11.6 Å². The third kappa shape index (κ3) is 1.35. The van der Waals surface area contributed by atoms with Crippen LogP contribution in [-0.2, 0) is 9.59 Å². The van der Waals surface area contributed by atoms with Crippen LogP contribution in [0.25, 0.3) is 0 Å². The molecule has 0 spiro atoms. The topological polar surface area (TPSA) is 34.1 Å². The van der Waals surface area contributed by atoms with Crippen LogP contribution in [0, 0.1) is 58.2 Å². The van der Waals surface area contributed by atoms with Crippen LogP contribution >= 0.6 is 0 Å². The van der Waals surface area contributed by atoms with E-state index >= 15 is 0 Å². The lowest BCUT2D eigenvalue weighted by atomic mass is 9.49. The van der Waals surface area contributed by atoms with Crippen molar-refractivity contribution in [1.29, 1.82) is 0 Å². The molecule has 0 radical (unpaired) electrons. The van der Waals surface area contributed by atoms with Crippen LogP contribution in [0.5, 0.6) is 0 Å². The molecule has 0 aromatic carbocycles. The van der Waals surface area contributed by atoms with Crippen LogP contribution in [0.3, 0.4) is 0 Å². The Labute approximate surface area is 133 Å². The summed E-state index contributed by atoms with van der Waals surface area (Å²) in [5.74, 6) is 5.05. The quantitative estimate of drug-likeness (QED) is 0.683. The molecule has 120 valence electrons. The lowest BCUT2D eigenvalue weighted by Crippen LogP contribution is -2.56. The minimum atomic E-state index is 0.101. The summed E-state index contributed by atoms with van der Waals surface area (Å²) < 4.78 is 0. The molecule has 5 fully saturated rings. The maximum Gasteiger partial charge on any atom is 0.137 e. The molecule has 0 amide bonds. The molecule has 0 unspecified atom stereocenters. The van der Waals surface area contributed by atoms with Crippen LogP contribution in [0.4, 0.5) is 0 Å². The normalized spacial score (nSPS) is 56.4. The molecule has 0 aliphatic heterocycles. The molecule has 0 aromatic rings. The molecule has 2 nitrogen and oxygen atoms in total. The van der Waals surface area contributed by atoms with Crippen molar-refractivity contribution in [2.45, 2.75) is 53.4 Å². The van der Waals surface area contributed by atoms with Gasteiger partial charge in [-0.05, 0) is 59.2 Å². The third-order valence-electron chi connectivity index (χ3n) is 8.92. The maximum atomic E-state index is 12.7. The van der Waals surface area contributed by atoms with Crippen LogP contribution in [-0.4, -0.2) is 11.6 Å². The summed E-state index contributed by atoms with van der Waals surface area (Å²) in [4.78, 5) is 25.4. The first kappa shape index (κ1) is 13.7. The molecule has 22 heavy (non-hydrogen) atoms. The summed E-state index contributed by atoms with van der Waals surface area (Å²) in [5.41, 5.74) is 0.830. The summed E-state index contributed by atoms with van der Waals surface area (Å²) in [6.07, 6.45) is 3.63. The largest absolute Gasteiger partial charge is 0.299 e. The van der Waals surface area contributed by atoms with Gasteiger partial charge in [0.15, 0.2) is 0 Å². The molecule has 8 atom stereocenters. The second-order valence-electron chi connectivity index (χ2n) is 10.1. The zero-order chi connectivity index (χ0) is 15.6. The second-order valence-corrected chi connectivity index (χ2v) is 10.1. The summed E-state index contributed by atoms with van der Waals surface area (Å²) in [6, 6.07) is 0. The fourth-order valence-electron chi connectivity index (χ4n) is 7.70. The van der Waals surface area contributed by atoms with Gasteiger partial charge in [0.1, 0.15) is 11.6 Å². The molecule has 0 aromatic heterocycles. The predicted molar refractivity (Wildman–Crippen MR) is 84.0 cm³/mol. The van der Waals surface area contributed by atoms with Crippen molar-refractivity contribution in [3.63, 3.8) is 0 Å². The summed E-state index contributed by atoms with van der Waals surface area (Å²) in [7, 11) is 0. The second kappa shape index (κ2) is 3.70. The van der Waals surface area contributed by atoms with E-state index in [1.54, 1.807) is 0 Å². The van der Waals surface area contributed by atoms with Gasteiger partial charge < -0.3 is 0 Å². The number of hydrogen-bond acceptors (Lipinski definition) is 2. The molecular formula is C20H28O2. The zero-order valence-electron chi connectivity index (χ0n) is 14.3. The summed E-state index contributed by atoms with van der Waals surface area (Å²) >= 11 is 0. The van der Waals surface area contributed by atoms with E-state index in [1.807, 2.05) is 0 Å². The average molecular weight is 300 g/mol. The highest BCUT2D eigenvalue weighted by atomic mass is 16.1. The first-order chi connectivity index (χ1) is 10.3. The van der Waals surface area contributed by atoms with Gasteiger partial charge in [0.25, 0.3) is 0 Å². The fourth-order valence-corrected chi connectivity index (χ4v) is 7.70. The Balaban J connectivity index is 1.56. The monoisotopic (exact) mass is 300 g/mol. The Kier molecular flexibility index (Phi) is 2.31. The average Bonchev–Trinajstić information content (AvgIpc) is 3.17. The molecular weight excluding hydrogens is 272 g/mol. The van der Waals surface area contributed by atoms with Gasteiger partial charge in [0, 0.05) is 24.7 Å². The van der Waals surface area contributed by atoms with Gasteiger partial charge >= 0.3 is 0 Å². The van der Waals surface area contributed by atoms with Gasteiger partial charge in [-0.15, -0.1) is 0 Å². The van der Waals surface area contributed by atoms with Crippen LogP contribution in [0.1, 0.15) is 53.4 Å². The standard InChI is InChI=1S/C20H28O2/c1-19(2)9-5-7-11(21)13-14-12(22)8-6-10-18(20(10,3)4)16(14)15(13)17(9)19/h9-10,13-18H,5-8H2,1-4H3/t9-,10-,13-,14-,15+,16+,17-,18-/m0/s1. The van der Waals surface area contributed by atoms with Gasteiger partial charge in [-0.2, -0.15) is 0 Å². The van der Waals surface area contributed by atoms with E-state index in [2.05, 4.69) is 27.7 Å². The van der Waals surface area contributed by atoms with Crippen LogP contribution in [0.2, 0.25) is 0 Å². The molecule has 0 bridgehead atoms. The number of fused-ring (bicyclic) bond motifs is 8. The SMILES string of the molecule is CC1(C)[C@@H]2[C@@H]3[C@@H](C(=O)CC[C@@H]21)[C@@H]1C(=O)CC[C@H]2[C@@H]([C@H]13)C2(C)C. The first-order valence-corrected chi connectivity index (χ1v) is 9.33. The highest BCUT2D eigenvalue weighted by Gasteiger charge is 2.77. The molecule has 0 N–H and O–H groups in total. The van der Waals surface area contributed by atoms with Gasteiger partial charge in [0.2, 0.25) is 0 Å². The number of hydrogen-bond donors (Lipinski definition) is 0. The Morgan fingerprint density at radius 3 is 1.45 bits per heavy atom. The summed E-state index contributed by atoms with van der Waals surface area (Å²) in [5, 5.41) is 0. The Bertz CT molecular complexity index is 535. The summed E-state index contributed by atoms with van der Waals surface area (Å²) in [6.45, 7) is 9.60. The molecule has 0 heterocycles. The Morgan fingerprint density at radius 2 is 1.09 bits per heavy atom. The number of carbonyl (C=O) groups excluding carboxylic acids is 2. The first-order valence-electron chi connectivity index (χ1n) is 9.33. The molecule has 5 saturated carbocycles. The third-order valence-corrected chi connectivity index (χ3v) is 8.92. The van der Waals surface area contributed by atoms with Crippen LogP contribution < -0.4 is 0 Å². The number of ketones is 2. The van der Waals surface area contributed by atoms with Gasteiger partial charge in [-0.3, -0.25) is 9.59 Å². The molecule has 5 aliphatic carbocycles. The maximum absolute atomic E-state index is 12.7. The number of Topliss-reactive ketones (excluding diaryl/α,β-unsaturated/α-hetero) is 2. The van der Waals surface area contributed by atoms with Gasteiger partial charge in [-0.25, -0.2) is 0 Å². The van der Waals surface area contributed by atoms with E-state index in [0.717, 1.165) is 37.5 Å². The van der Waals surface area contributed by atoms with E-state index in [-0.39, 0.29) is 11.8 Å². The van der Waals surface area contributed by atoms with Crippen molar-refractivity contribution < 1.29 is 9.59 Å². The van der Waals surface area contributed by atoms with Crippen molar-refractivity contribution in [2.75, 3.05) is 0 Å². The fraction of sp³-hybridized carbons (Fsp3) is 0.900. The van der Waals surface area contributed by atoms with Gasteiger partial charge in [-0.1, -0.05) is 27.7 Å². The van der Waals surface area contributed by atoms with Crippen molar-refractivity contribution in [3.8, 4) is 0 Å². The Hall–Kier alpha value is -0.660. The van der Waals surface area contributed by atoms with E-state index < -0.39 is 0 Å². The Morgan fingerprint density at radius 1 is 0.727 bits per heavy atom. The molecule has 5 aliphatic rings. The van der Waals surface area contributed by atoms with Crippen LogP contribution in [0.15, 0.2) is 0 Å². The molecule has 0 saturated heterocycles. The van der Waals surface area contributed by atoms with Crippen molar-refractivity contribution in [3.05, 3.63) is 0 Å². The number of carbonyl (C=O) groups is 2. The van der Waals surface area contributed by atoms with E-state index in [0.29, 0.717) is 46.1 Å². The van der Waals surface area contributed by atoms with Crippen molar-refractivity contribution in [1.82, 2.24) is 0 Å². The smallest absolute Gasteiger partial charge is 0.137 e. The zero-order valence-corrected chi connectivity index (χ0v) is 14.3. The number of rotatable bonds is 0. The van der Waals surface area contributed by atoms with E-state index in [4.69, 9.17) is 0 Å². The molecule has 5 rings (SSSR count). The molecule has 2 heteroatoms. The van der Waals surface area contributed by atoms with Gasteiger partial charge in [0.05, 0.1) is 0 Å². The highest BCUT2D eigenvalue weighted by molar-refractivity contribution is 5.93. The lowest BCUT2D eigenvalue weighted by molar-refractivity contribution is -0.155. The van der Waals surface area contributed by atoms with E-state index in [1.165, 1.54) is 0 Å². The minimum absolute atomic E-state index is 0.101. The van der Waals surface area contributed by atoms with Crippen molar-refractivity contribution in [2.24, 2.45) is 58.2 Å².